The van der Waals surface area contributed by atoms with Crippen molar-refractivity contribution in [2.45, 2.75) is 32.3 Å². The first-order valence-corrected chi connectivity index (χ1v) is 8.32. The van der Waals surface area contributed by atoms with Crippen molar-refractivity contribution in [1.82, 2.24) is 5.32 Å². The smallest absolute Gasteiger partial charge is 0.412 e. The van der Waals surface area contributed by atoms with Crippen molar-refractivity contribution in [3.8, 4) is 11.5 Å². The zero-order valence-corrected chi connectivity index (χ0v) is 14.5. The monoisotopic (exact) mass is 345 g/mol. The van der Waals surface area contributed by atoms with Gasteiger partial charge in [-0.25, -0.2) is 4.79 Å². The number of nitrogens with one attached hydrogen (secondary N) is 1. The van der Waals surface area contributed by atoms with Crippen molar-refractivity contribution < 1.29 is 14.3 Å². The molecule has 0 aromatic heterocycles. The predicted molar refractivity (Wildman–Crippen MR) is 94.0 cm³/mol. The molecule has 2 aromatic carbocycles. The molecular weight excluding hydrogens is 326 g/mol. The van der Waals surface area contributed by atoms with Gasteiger partial charge < -0.3 is 14.8 Å². The number of benzene rings is 2. The van der Waals surface area contributed by atoms with Crippen LogP contribution in [0.3, 0.4) is 0 Å². The molecule has 2 aromatic rings. The first-order valence-electron chi connectivity index (χ1n) is 7.94. The van der Waals surface area contributed by atoms with E-state index in [2.05, 4.69) is 5.32 Å². The van der Waals surface area contributed by atoms with Gasteiger partial charge in [-0.05, 0) is 44.0 Å². The predicted octanol–water partition coefficient (Wildman–Crippen LogP) is 4.38. The van der Waals surface area contributed by atoms with Gasteiger partial charge in [-0.3, -0.25) is 0 Å². The third-order valence-electron chi connectivity index (χ3n) is 3.85. The van der Waals surface area contributed by atoms with Crippen LogP contribution in [-0.2, 0) is 12.8 Å². The number of ether oxygens (including phenoxy) is 2. The minimum absolute atomic E-state index is 0.271. The minimum Gasteiger partial charge on any atom is -0.483 e. The van der Waals surface area contributed by atoms with Crippen molar-refractivity contribution in [1.29, 1.82) is 0 Å². The van der Waals surface area contributed by atoms with Crippen molar-refractivity contribution >= 4 is 17.7 Å². The maximum Gasteiger partial charge on any atom is 0.412 e. The molecule has 0 atom stereocenters. The number of para-hydroxylation sites is 1. The fourth-order valence-corrected chi connectivity index (χ4v) is 2.89. The van der Waals surface area contributed by atoms with Gasteiger partial charge in [-0.15, -0.1) is 0 Å². The third kappa shape index (κ3) is 4.01. The Morgan fingerprint density at radius 3 is 2.75 bits per heavy atom. The molecule has 3 rings (SSSR count). The Morgan fingerprint density at radius 1 is 1.25 bits per heavy atom. The minimum atomic E-state index is -0.481. The summed E-state index contributed by atoms with van der Waals surface area (Å²) >= 11 is 5.85. The number of amides is 1. The lowest BCUT2D eigenvalue weighted by atomic mass is 10.0. The van der Waals surface area contributed by atoms with E-state index in [1.165, 1.54) is 0 Å². The third-order valence-corrected chi connectivity index (χ3v) is 4.11. The Hall–Kier alpha value is -2.20. The number of hydrogen-bond acceptors (Lipinski definition) is 3. The molecule has 0 bridgehead atoms. The molecule has 5 heteroatoms. The zero-order valence-electron chi connectivity index (χ0n) is 13.8. The van der Waals surface area contributed by atoms with Gasteiger partial charge in [0.25, 0.3) is 0 Å². The van der Waals surface area contributed by atoms with Crippen LogP contribution in [0.1, 0.15) is 25.0 Å². The fourth-order valence-electron chi connectivity index (χ4n) is 2.76. The first-order chi connectivity index (χ1) is 11.4. The highest BCUT2D eigenvalue weighted by Gasteiger charge is 2.32. The highest BCUT2D eigenvalue weighted by molar-refractivity contribution is 6.30. The second-order valence-corrected chi connectivity index (χ2v) is 6.91. The average Bonchev–Trinajstić information content (AvgIpc) is 2.84. The molecule has 1 amide bonds. The van der Waals surface area contributed by atoms with E-state index in [1.807, 2.05) is 50.2 Å². The van der Waals surface area contributed by atoms with Crippen LogP contribution in [0.15, 0.2) is 42.5 Å². The highest BCUT2D eigenvalue weighted by atomic mass is 35.5. The summed E-state index contributed by atoms with van der Waals surface area (Å²) in [7, 11) is 0. The summed E-state index contributed by atoms with van der Waals surface area (Å²) in [5, 5.41) is 3.46. The van der Waals surface area contributed by atoms with Crippen molar-refractivity contribution in [3.05, 3.63) is 58.6 Å². The Labute approximate surface area is 146 Å². The molecule has 0 saturated carbocycles. The molecule has 0 spiro atoms. The molecule has 0 aliphatic carbocycles. The van der Waals surface area contributed by atoms with Gasteiger partial charge in [0.2, 0.25) is 0 Å². The standard InChI is InChI=1S/C19H20ClNO3/c1-19(2)12-14-4-3-5-16(17(14)24-19)23-18(22)21-11-10-13-6-8-15(20)9-7-13/h3-9H,10-12H2,1-2H3,(H,21,22). The van der Waals surface area contributed by atoms with Gasteiger partial charge in [-0.1, -0.05) is 35.9 Å². The second kappa shape index (κ2) is 6.73. The largest absolute Gasteiger partial charge is 0.483 e. The van der Waals surface area contributed by atoms with E-state index in [4.69, 9.17) is 21.1 Å². The number of rotatable bonds is 4. The van der Waals surface area contributed by atoms with Crippen molar-refractivity contribution in [3.63, 3.8) is 0 Å². The lowest BCUT2D eigenvalue weighted by molar-refractivity contribution is 0.133. The van der Waals surface area contributed by atoms with Gasteiger partial charge in [0, 0.05) is 23.6 Å². The average molecular weight is 346 g/mol. The molecule has 0 unspecified atom stereocenters. The molecule has 0 fully saturated rings. The molecule has 0 radical (unpaired) electrons. The Balaban J connectivity index is 1.55. The number of halogens is 1. The fraction of sp³-hybridized carbons (Fsp3) is 0.316. The Morgan fingerprint density at radius 2 is 2.00 bits per heavy atom. The van der Waals surface area contributed by atoms with Gasteiger partial charge in [-0.2, -0.15) is 0 Å². The van der Waals surface area contributed by atoms with Crippen LogP contribution in [0.25, 0.3) is 0 Å². The Kier molecular flexibility index (Phi) is 4.67. The quantitative estimate of drug-likeness (QED) is 0.894. The second-order valence-electron chi connectivity index (χ2n) is 6.48. The van der Waals surface area contributed by atoms with Crippen LogP contribution >= 0.6 is 11.6 Å². The summed E-state index contributed by atoms with van der Waals surface area (Å²) < 4.78 is 11.3. The van der Waals surface area contributed by atoms with E-state index < -0.39 is 6.09 Å². The SMILES string of the molecule is CC1(C)Cc2cccc(OC(=O)NCCc3ccc(Cl)cc3)c2O1. The summed E-state index contributed by atoms with van der Waals surface area (Å²) in [6.45, 7) is 4.52. The van der Waals surface area contributed by atoms with E-state index in [0.717, 1.165) is 17.5 Å². The van der Waals surface area contributed by atoms with Crippen LogP contribution in [-0.4, -0.2) is 18.2 Å². The van der Waals surface area contributed by atoms with Gasteiger partial charge in [0.15, 0.2) is 11.5 Å². The molecular formula is C19H20ClNO3. The van der Waals surface area contributed by atoms with Crippen LogP contribution in [0.4, 0.5) is 4.79 Å². The van der Waals surface area contributed by atoms with Crippen LogP contribution in [0.5, 0.6) is 11.5 Å². The molecule has 1 N–H and O–H groups in total. The highest BCUT2D eigenvalue weighted by Crippen LogP contribution is 2.41. The summed E-state index contributed by atoms with van der Waals surface area (Å²) in [5.74, 6) is 1.12. The maximum absolute atomic E-state index is 12.0. The van der Waals surface area contributed by atoms with Gasteiger partial charge in [0.05, 0.1) is 0 Å². The van der Waals surface area contributed by atoms with E-state index >= 15 is 0 Å². The van der Waals surface area contributed by atoms with E-state index in [-0.39, 0.29) is 5.60 Å². The number of fused-ring (bicyclic) bond motifs is 1. The summed E-state index contributed by atoms with van der Waals surface area (Å²) in [6, 6.07) is 13.2. The normalized spacial score (nSPS) is 14.6. The van der Waals surface area contributed by atoms with E-state index in [0.29, 0.717) is 29.5 Å². The van der Waals surface area contributed by atoms with Crippen molar-refractivity contribution in [2.24, 2.45) is 0 Å². The lowest BCUT2D eigenvalue weighted by Crippen LogP contribution is -2.29. The van der Waals surface area contributed by atoms with E-state index in [9.17, 15) is 4.79 Å². The van der Waals surface area contributed by atoms with Gasteiger partial charge in [0.1, 0.15) is 5.60 Å². The molecule has 1 aliphatic heterocycles. The van der Waals surface area contributed by atoms with E-state index in [1.54, 1.807) is 6.07 Å². The molecule has 126 valence electrons. The van der Waals surface area contributed by atoms with Crippen LogP contribution in [0, 0.1) is 0 Å². The van der Waals surface area contributed by atoms with Gasteiger partial charge >= 0.3 is 6.09 Å². The zero-order chi connectivity index (χ0) is 17.2. The van der Waals surface area contributed by atoms with Crippen LogP contribution < -0.4 is 14.8 Å². The molecule has 4 nitrogen and oxygen atoms in total. The Bertz CT molecular complexity index is 741. The summed E-state index contributed by atoms with van der Waals surface area (Å²) in [4.78, 5) is 12.0. The number of carbonyl (C=O) groups excluding carboxylic acids is 1. The molecule has 1 aliphatic rings. The maximum atomic E-state index is 12.0. The first kappa shape index (κ1) is 16.7. The van der Waals surface area contributed by atoms with Crippen LogP contribution in [0.2, 0.25) is 5.02 Å². The molecule has 0 saturated heterocycles. The lowest BCUT2D eigenvalue weighted by Gasteiger charge is -2.18. The number of carbonyl (C=O) groups is 1. The molecule has 1 heterocycles. The topological polar surface area (TPSA) is 47.6 Å². The molecule has 24 heavy (non-hydrogen) atoms. The summed E-state index contributed by atoms with van der Waals surface area (Å²) in [5.41, 5.74) is 1.89. The summed E-state index contributed by atoms with van der Waals surface area (Å²) in [6.07, 6.45) is 1.03. The van der Waals surface area contributed by atoms with Crippen molar-refractivity contribution in [2.75, 3.05) is 6.54 Å². The number of hydrogen-bond donors (Lipinski definition) is 1.